The first-order valence-electron chi connectivity index (χ1n) is 8.80. The van der Waals surface area contributed by atoms with E-state index in [2.05, 4.69) is 9.74 Å². The van der Waals surface area contributed by atoms with Gasteiger partial charge in [0.2, 0.25) is 0 Å². The van der Waals surface area contributed by atoms with Crippen LogP contribution in [-0.2, 0) is 21.4 Å². The maximum atomic E-state index is 12.7. The van der Waals surface area contributed by atoms with Crippen molar-refractivity contribution >= 4 is 27.5 Å². The Morgan fingerprint density at radius 3 is 2.39 bits per heavy atom. The maximum Gasteiger partial charge on any atom is 0.262 e. The Balaban J connectivity index is 1.57. The zero-order chi connectivity index (χ0) is 20.1. The van der Waals surface area contributed by atoms with E-state index >= 15 is 0 Å². The molecular weight excluding hydrogens is 402 g/mol. The van der Waals surface area contributed by atoms with Crippen molar-refractivity contribution in [1.82, 2.24) is 14.7 Å². The van der Waals surface area contributed by atoms with E-state index in [0.717, 1.165) is 30.2 Å². The number of nitrogens with one attached hydrogen (secondary N) is 1. The molecule has 1 amide bonds. The van der Waals surface area contributed by atoms with Crippen molar-refractivity contribution in [2.45, 2.75) is 11.4 Å². The van der Waals surface area contributed by atoms with Crippen LogP contribution in [0.1, 0.15) is 15.9 Å². The third-order valence-corrected chi connectivity index (χ3v) is 6.07. The van der Waals surface area contributed by atoms with Gasteiger partial charge in [-0.15, -0.1) is 0 Å². The number of carbonyl (C=O) groups is 1. The molecule has 0 atom stereocenters. The molecule has 0 saturated carbocycles. The molecule has 1 heterocycles. The average Bonchev–Trinajstić information content (AvgIpc) is 2.68. The number of carbonyl (C=O) groups excluding carboxylic acids is 1. The van der Waals surface area contributed by atoms with Gasteiger partial charge >= 0.3 is 0 Å². The molecule has 0 radical (unpaired) electrons. The van der Waals surface area contributed by atoms with E-state index in [9.17, 15) is 13.2 Å². The topological polar surface area (TPSA) is 78.9 Å². The summed E-state index contributed by atoms with van der Waals surface area (Å²) in [5.74, 6) is -0.106. The van der Waals surface area contributed by atoms with E-state index in [1.165, 1.54) is 31.4 Å². The van der Waals surface area contributed by atoms with Gasteiger partial charge in [-0.05, 0) is 42.0 Å². The van der Waals surface area contributed by atoms with Crippen LogP contribution in [0.25, 0.3) is 0 Å². The summed E-state index contributed by atoms with van der Waals surface area (Å²) in [4.78, 5) is 23.2. The molecular formula is C19H22ClN3O4S. The van der Waals surface area contributed by atoms with Gasteiger partial charge < -0.3 is 4.90 Å². The van der Waals surface area contributed by atoms with Crippen molar-refractivity contribution in [3.05, 3.63) is 64.7 Å². The molecule has 0 bridgehead atoms. The summed E-state index contributed by atoms with van der Waals surface area (Å²) in [5, 5.41) is 0.720. The molecule has 3 rings (SSSR count). The number of rotatable bonds is 6. The van der Waals surface area contributed by atoms with E-state index in [4.69, 9.17) is 11.6 Å². The lowest BCUT2D eigenvalue weighted by Gasteiger charge is -2.34. The first-order valence-corrected chi connectivity index (χ1v) is 10.7. The predicted octanol–water partition coefficient (Wildman–Crippen LogP) is 2.14. The number of piperazine rings is 1. The number of hydrogen-bond donors (Lipinski definition) is 1. The largest absolute Gasteiger partial charge is 0.336 e. The molecule has 9 heteroatoms. The number of halogens is 1. The quantitative estimate of drug-likeness (QED) is 0.720. The fraction of sp³-hybridized carbons (Fsp3) is 0.316. The zero-order valence-corrected chi connectivity index (χ0v) is 17.0. The smallest absolute Gasteiger partial charge is 0.262 e. The minimum absolute atomic E-state index is 0.0391. The highest BCUT2D eigenvalue weighted by atomic mass is 35.5. The molecule has 1 saturated heterocycles. The molecule has 1 N–H and O–H groups in total. The van der Waals surface area contributed by atoms with E-state index in [-0.39, 0.29) is 10.8 Å². The van der Waals surface area contributed by atoms with Gasteiger partial charge in [-0.2, -0.15) is 0 Å². The maximum absolute atomic E-state index is 12.7. The summed E-state index contributed by atoms with van der Waals surface area (Å²) < 4.78 is 23.8. The Morgan fingerprint density at radius 1 is 1.11 bits per heavy atom. The van der Waals surface area contributed by atoms with Crippen molar-refractivity contribution in [2.75, 3.05) is 33.3 Å². The van der Waals surface area contributed by atoms with Crippen molar-refractivity contribution in [3.8, 4) is 0 Å². The lowest BCUT2D eigenvalue weighted by Crippen LogP contribution is -2.48. The summed E-state index contributed by atoms with van der Waals surface area (Å²) >= 11 is 6.03. The first kappa shape index (κ1) is 20.8. The highest BCUT2D eigenvalue weighted by Gasteiger charge is 2.23. The zero-order valence-electron chi connectivity index (χ0n) is 15.5. The van der Waals surface area contributed by atoms with Crippen LogP contribution >= 0.6 is 11.6 Å². The lowest BCUT2D eigenvalue weighted by atomic mass is 10.1. The standard InChI is InChI=1S/C19H22ClN3O4S/c1-27-21-28(25,26)18-7-5-16(6-8-18)19(24)23-11-9-22(10-12-23)14-15-3-2-4-17(20)13-15/h2-8,13,21H,9-12,14H2,1H3. The fourth-order valence-electron chi connectivity index (χ4n) is 3.12. The minimum Gasteiger partial charge on any atom is -0.336 e. The van der Waals surface area contributed by atoms with Crippen LogP contribution in [0.4, 0.5) is 0 Å². The minimum atomic E-state index is -3.73. The van der Waals surface area contributed by atoms with Crippen LogP contribution in [0, 0.1) is 0 Å². The molecule has 2 aromatic rings. The molecule has 150 valence electrons. The Hall–Kier alpha value is -1.97. The molecule has 28 heavy (non-hydrogen) atoms. The fourth-order valence-corrected chi connectivity index (χ4v) is 4.14. The number of sulfonamides is 1. The molecule has 1 fully saturated rings. The molecule has 0 aromatic heterocycles. The summed E-state index contributed by atoms with van der Waals surface area (Å²) in [5.41, 5.74) is 1.61. The second-order valence-electron chi connectivity index (χ2n) is 6.51. The third kappa shape index (κ3) is 5.09. The van der Waals surface area contributed by atoms with Gasteiger partial charge in [0.25, 0.3) is 15.9 Å². The average molecular weight is 424 g/mol. The predicted molar refractivity (Wildman–Crippen MR) is 106 cm³/mol. The number of amides is 1. The highest BCUT2D eigenvalue weighted by Crippen LogP contribution is 2.16. The molecule has 0 aliphatic carbocycles. The number of hydrogen-bond acceptors (Lipinski definition) is 5. The van der Waals surface area contributed by atoms with E-state index in [1.807, 2.05) is 29.2 Å². The summed E-state index contributed by atoms with van der Waals surface area (Å²) in [6, 6.07) is 13.6. The van der Waals surface area contributed by atoms with E-state index in [1.54, 1.807) is 4.90 Å². The Morgan fingerprint density at radius 2 is 1.79 bits per heavy atom. The van der Waals surface area contributed by atoms with Crippen molar-refractivity contribution in [1.29, 1.82) is 0 Å². The van der Waals surface area contributed by atoms with Crippen LogP contribution < -0.4 is 4.89 Å². The van der Waals surface area contributed by atoms with Gasteiger partial charge in [-0.25, -0.2) is 8.42 Å². The summed E-state index contributed by atoms with van der Waals surface area (Å²) in [6.45, 7) is 3.56. The Kier molecular flexibility index (Phi) is 6.69. The van der Waals surface area contributed by atoms with Gasteiger partial charge in [-0.3, -0.25) is 14.5 Å². The van der Waals surface area contributed by atoms with E-state index in [0.29, 0.717) is 18.7 Å². The Bertz CT molecular complexity index is 926. The normalized spacial score (nSPS) is 15.6. The van der Waals surface area contributed by atoms with Gasteiger partial charge in [0, 0.05) is 43.3 Å². The third-order valence-electron chi connectivity index (χ3n) is 4.56. The molecule has 1 aliphatic rings. The van der Waals surface area contributed by atoms with Crippen LogP contribution in [-0.4, -0.2) is 57.4 Å². The number of benzene rings is 2. The Labute approximate surface area is 169 Å². The first-order chi connectivity index (χ1) is 13.4. The highest BCUT2D eigenvalue weighted by molar-refractivity contribution is 7.89. The molecule has 0 spiro atoms. The van der Waals surface area contributed by atoms with Gasteiger partial charge in [-0.1, -0.05) is 28.6 Å². The molecule has 7 nitrogen and oxygen atoms in total. The molecule has 2 aromatic carbocycles. The second-order valence-corrected chi connectivity index (χ2v) is 8.59. The summed E-state index contributed by atoms with van der Waals surface area (Å²) in [6.07, 6.45) is 0. The monoisotopic (exact) mass is 423 g/mol. The van der Waals surface area contributed by atoms with E-state index < -0.39 is 10.0 Å². The number of nitrogens with zero attached hydrogens (tertiary/aromatic N) is 2. The van der Waals surface area contributed by atoms with Gasteiger partial charge in [0.1, 0.15) is 0 Å². The van der Waals surface area contributed by atoms with Crippen LogP contribution in [0.2, 0.25) is 5.02 Å². The molecule has 0 unspecified atom stereocenters. The molecule has 1 aliphatic heterocycles. The van der Waals surface area contributed by atoms with Crippen LogP contribution in [0.5, 0.6) is 0 Å². The van der Waals surface area contributed by atoms with Crippen LogP contribution in [0.3, 0.4) is 0 Å². The van der Waals surface area contributed by atoms with Gasteiger partial charge in [0.05, 0.1) is 12.0 Å². The summed E-state index contributed by atoms with van der Waals surface area (Å²) in [7, 11) is -2.51. The van der Waals surface area contributed by atoms with Crippen molar-refractivity contribution < 1.29 is 18.0 Å². The van der Waals surface area contributed by atoms with Crippen molar-refractivity contribution in [2.24, 2.45) is 0 Å². The SMILES string of the molecule is CONS(=O)(=O)c1ccc(C(=O)N2CCN(Cc3cccc(Cl)c3)CC2)cc1. The van der Waals surface area contributed by atoms with Crippen LogP contribution in [0.15, 0.2) is 53.4 Å². The van der Waals surface area contributed by atoms with Gasteiger partial charge in [0.15, 0.2) is 0 Å². The lowest BCUT2D eigenvalue weighted by molar-refractivity contribution is 0.0628. The second kappa shape index (κ2) is 9.02. The van der Waals surface area contributed by atoms with Crippen molar-refractivity contribution in [3.63, 3.8) is 0 Å².